The molecule has 0 atom stereocenters. The SMILES string of the molecule is [CH2]c1ccccc1C#Cc1ccccc1. The zero-order valence-corrected chi connectivity index (χ0v) is 8.40. The largest absolute Gasteiger partial charge is 0.0622 e. The smallest absolute Gasteiger partial charge is 0.0281 e. The summed E-state index contributed by atoms with van der Waals surface area (Å²) in [4.78, 5) is 0. The molecule has 0 N–H and O–H groups in total. The topological polar surface area (TPSA) is 0 Å². The van der Waals surface area contributed by atoms with Gasteiger partial charge in [-0.1, -0.05) is 48.2 Å². The van der Waals surface area contributed by atoms with Gasteiger partial charge in [-0.3, -0.25) is 0 Å². The van der Waals surface area contributed by atoms with Gasteiger partial charge in [-0.15, -0.1) is 0 Å². The number of benzene rings is 2. The van der Waals surface area contributed by atoms with Gasteiger partial charge in [-0.25, -0.2) is 0 Å². The summed E-state index contributed by atoms with van der Waals surface area (Å²) in [6.45, 7) is 3.93. The molecule has 0 saturated carbocycles. The van der Waals surface area contributed by atoms with Crippen molar-refractivity contribution in [2.24, 2.45) is 0 Å². The molecule has 0 saturated heterocycles. The molecule has 0 aliphatic heterocycles. The van der Waals surface area contributed by atoms with E-state index in [2.05, 4.69) is 18.8 Å². The van der Waals surface area contributed by atoms with E-state index in [1.807, 2.05) is 54.6 Å². The Labute approximate surface area is 90.6 Å². The van der Waals surface area contributed by atoms with Crippen molar-refractivity contribution < 1.29 is 0 Å². The van der Waals surface area contributed by atoms with E-state index in [-0.39, 0.29) is 0 Å². The third-order valence-electron chi connectivity index (χ3n) is 2.13. The molecule has 0 nitrogen and oxygen atoms in total. The van der Waals surface area contributed by atoms with E-state index < -0.39 is 0 Å². The first-order valence-electron chi connectivity index (χ1n) is 4.84. The molecular formula is C15H11. The van der Waals surface area contributed by atoms with Crippen molar-refractivity contribution in [3.63, 3.8) is 0 Å². The molecule has 2 rings (SSSR count). The molecule has 1 radical (unpaired) electrons. The number of rotatable bonds is 0. The summed E-state index contributed by atoms with van der Waals surface area (Å²) < 4.78 is 0. The van der Waals surface area contributed by atoms with Crippen LogP contribution in [0.1, 0.15) is 16.7 Å². The average Bonchev–Trinajstić information content (AvgIpc) is 2.29. The summed E-state index contributed by atoms with van der Waals surface area (Å²) >= 11 is 0. The molecule has 0 bridgehead atoms. The molecule has 2 aromatic carbocycles. The highest BCUT2D eigenvalue weighted by Gasteiger charge is 1.90. The van der Waals surface area contributed by atoms with Crippen molar-refractivity contribution in [1.29, 1.82) is 0 Å². The summed E-state index contributed by atoms with van der Waals surface area (Å²) in [5.74, 6) is 6.23. The lowest BCUT2D eigenvalue weighted by atomic mass is 10.1. The molecule has 0 unspecified atom stereocenters. The highest BCUT2D eigenvalue weighted by atomic mass is 13.9. The van der Waals surface area contributed by atoms with Crippen molar-refractivity contribution in [3.05, 3.63) is 78.2 Å². The fourth-order valence-corrected chi connectivity index (χ4v) is 1.30. The van der Waals surface area contributed by atoms with Crippen LogP contribution in [0, 0.1) is 18.8 Å². The molecule has 0 heteroatoms. The third kappa shape index (κ3) is 2.48. The lowest BCUT2D eigenvalue weighted by Gasteiger charge is -1.94. The van der Waals surface area contributed by atoms with Crippen LogP contribution in [0.15, 0.2) is 54.6 Å². The standard InChI is InChI=1S/C15H11/c1-13-7-5-6-10-15(13)12-11-14-8-3-2-4-9-14/h2-10H,1H2. The van der Waals surface area contributed by atoms with Crippen LogP contribution >= 0.6 is 0 Å². The minimum atomic E-state index is 0.973. The molecular weight excluding hydrogens is 180 g/mol. The summed E-state index contributed by atoms with van der Waals surface area (Å²) in [7, 11) is 0. The summed E-state index contributed by atoms with van der Waals surface area (Å²) in [5.41, 5.74) is 2.99. The second-order valence-electron chi connectivity index (χ2n) is 3.27. The maximum atomic E-state index is 3.93. The Balaban J connectivity index is 2.31. The minimum absolute atomic E-state index is 0.973. The normalized spacial score (nSPS) is 9.13. The van der Waals surface area contributed by atoms with E-state index in [9.17, 15) is 0 Å². The highest BCUT2D eigenvalue weighted by Crippen LogP contribution is 2.05. The Morgan fingerprint density at radius 1 is 0.733 bits per heavy atom. The number of hydrogen-bond acceptors (Lipinski definition) is 0. The summed E-state index contributed by atoms with van der Waals surface area (Å²) in [6.07, 6.45) is 0. The Kier molecular flexibility index (Phi) is 2.85. The monoisotopic (exact) mass is 191 g/mol. The van der Waals surface area contributed by atoms with Crippen molar-refractivity contribution in [3.8, 4) is 11.8 Å². The fraction of sp³-hybridized carbons (Fsp3) is 0. The predicted molar refractivity (Wildman–Crippen MR) is 63.3 cm³/mol. The van der Waals surface area contributed by atoms with E-state index in [1.165, 1.54) is 0 Å². The van der Waals surface area contributed by atoms with Gasteiger partial charge in [-0.2, -0.15) is 0 Å². The van der Waals surface area contributed by atoms with Crippen molar-refractivity contribution >= 4 is 0 Å². The van der Waals surface area contributed by atoms with Gasteiger partial charge in [0.05, 0.1) is 0 Å². The Morgan fingerprint density at radius 3 is 2.13 bits per heavy atom. The van der Waals surface area contributed by atoms with Gasteiger partial charge in [0, 0.05) is 11.1 Å². The first-order valence-corrected chi connectivity index (χ1v) is 4.84. The van der Waals surface area contributed by atoms with Crippen LogP contribution in [-0.4, -0.2) is 0 Å². The van der Waals surface area contributed by atoms with E-state index in [4.69, 9.17) is 0 Å². The van der Waals surface area contributed by atoms with E-state index in [1.54, 1.807) is 0 Å². The molecule has 0 fully saturated rings. The minimum Gasteiger partial charge on any atom is -0.0622 e. The van der Waals surface area contributed by atoms with Crippen LogP contribution in [0.5, 0.6) is 0 Å². The van der Waals surface area contributed by atoms with Crippen LogP contribution < -0.4 is 0 Å². The average molecular weight is 191 g/mol. The highest BCUT2D eigenvalue weighted by molar-refractivity contribution is 5.47. The second kappa shape index (κ2) is 4.48. The third-order valence-corrected chi connectivity index (χ3v) is 2.13. The fourth-order valence-electron chi connectivity index (χ4n) is 1.30. The van der Waals surface area contributed by atoms with Crippen LogP contribution in [0.3, 0.4) is 0 Å². The van der Waals surface area contributed by atoms with E-state index in [0.717, 1.165) is 16.7 Å². The molecule has 0 aliphatic rings. The van der Waals surface area contributed by atoms with E-state index in [0.29, 0.717) is 0 Å². The Morgan fingerprint density at radius 2 is 1.40 bits per heavy atom. The van der Waals surface area contributed by atoms with Gasteiger partial charge in [0.2, 0.25) is 0 Å². The maximum Gasteiger partial charge on any atom is 0.0281 e. The molecule has 71 valence electrons. The van der Waals surface area contributed by atoms with Crippen molar-refractivity contribution in [2.75, 3.05) is 0 Å². The maximum absolute atomic E-state index is 3.93. The van der Waals surface area contributed by atoms with Gasteiger partial charge in [0.1, 0.15) is 0 Å². The van der Waals surface area contributed by atoms with Crippen LogP contribution in [0.4, 0.5) is 0 Å². The van der Waals surface area contributed by atoms with Gasteiger partial charge < -0.3 is 0 Å². The van der Waals surface area contributed by atoms with Gasteiger partial charge in [0.25, 0.3) is 0 Å². The molecule has 15 heavy (non-hydrogen) atoms. The Bertz CT molecular complexity index is 498. The van der Waals surface area contributed by atoms with Gasteiger partial charge in [0.15, 0.2) is 0 Å². The summed E-state index contributed by atoms with van der Waals surface area (Å²) in [6, 6.07) is 17.9. The lowest BCUT2D eigenvalue weighted by Crippen LogP contribution is -1.80. The van der Waals surface area contributed by atoms with Crippen molar-refractivity contribution in [2.45, 2.75) is 0 Å². The van der Waals surface area contributed by atoms with Gasteiger partial charge >= 0.3 is 0 Å². The quantitative estimate of drug-likeness (QED) is 0.561. The molecule has 0 aromatic heterocycles. The first-order chi connectivity index (χ1) is 7.36. The van der Waals surface area contributed by atoms with Crippen molar-refractivity contribution in [1.82, 2.24) is 0 Å². The zero-order valence-electron chi connectivity index (χ0n) is 8.40. The molecule has 0 aliphatic carbocycles. The van der Waals surface area contributed by atoms with E-state index >= 15 is 0 Å². The van der Waals surface area contributed by atoms with Gasteiger partial charge in [-0.05, 0) is 30.7 Å². The van der Waals surface area contributed by atoms with Crippen LogP contribution in [-0.2, 0) is 0 Å². The molecule has 2 aromatic rings. The second-order valence-corrected chi connectivity index (χ2v) is 3.27. The molecule has 0 heterocycles. The van der Waals surface area contributed by atoms with Crippen LogP contribution in [0.2, 0.25) is 0 Å². The summed E-state index contributed by atoms with van der Waals surface area (Å²) in [5, 5.41) is 0. The zero-order chi connectivity index (χ0) is 10.5. The predicted octanol–water partition coefficient (Wildman–Crippen LogP) is 3.27. The lowest BCUT2D eigenvalue weighted by molar-refractivity contribution is 1.55. The Hall–Kier alpha value is -2.00. The molecule has 0 amide bonds. The van der Waals surface area contributed by atoms with Crippen LogP contribution in [0.25, 0.3) is 0 Å². The number of hydrogen-bond donors (Lipinski definition) is 0. The molecule has 0 spiro atoms. The first kappa shape index (κ1) is 9.55.